The van der Waals surface area contributed by atoms with E-state index in [2.05, 4.69) is 35.1 Å². The molecule has 2 aromatic rings. The maximum absolute atomic E-state index is 12.3. The third kappa shape index (κ3) is 6.46. The molecule has 0 saturated carbocycles. The Kier molecular flexibility index (Phi) is 7.26. The van der Waals surface area contributed by atoms with Gasteiger partial charge in [0.15, 0.2) is 12.6 Å². The fourth-order valence-electron chi connectivity index (χ4n) is 2.95. The van der Waals surface area contributed by atoms with Crippen molar-refractivity contribution >= 4 is 11.9 Å². The number of guanidine groups is 1. The molecule has 1 N–H and O–H groups in total. The third-order valence-electron chi connectivity index (χ3n) is 4.34. The molecule has 0 unspecified atom stereocenters. The standard InChI is InChI=1S/C19H24F3N7O/c1-2-23-17(28-8-10-29(11-9-28)18-25-5-3-6-26-18)27-13-15-4-7-24-16(12-15)30-14-19(20,21)22/h3-7,12H,2,8-11,13-14H2,1H3,(H,23,27). The Hall–Kier alpha value is -3.11. The van der Waals surface area contributed by atoms with E-state index in [1.807, 2.05) is 6.92 Å². The van der Waals surface area contributed by atoms with Crippen molar-refractivity contribution in [3.8, 4) is 5.88 Å². The lowest BCUT2D eigenvalue weighted by molar-refractivity contribution is -0.154. The summed E-state index contributed by atoms with van der Waals surface area (Å²) in [5, 5.41) is 3.27. The number of piperazine rings is 1. The van der Waals surface area contributed by atoms with E-state index in [-0.39, 0.29) is 5.88 Å². The molecule has 0 bridgehead atoms. The minimum atomic E-state index is -4.40. The second-order valence-electron chi connectivity index (χ2n) is 6.60. The van der Waals surface area contributed by atoms with Gasteiger partial charge < -0.3 is 19.9 Å². The number of nitrogens with zero attached hydrogens (tertiary/aromatic N) is 6. The number of nitrogens with one attached hydrogen (secondary N) is 1. The largest absolute Gasteiger partial charge is 0.468 e. The SMILES string of the molecule is CCNC(=NCc1ccnc(OCC(F)(F)F)c1)N1CCN(c2ncccn2)CC1. The quantitative estimate of drug-likeness (QED) is 0.563. The van der Waals surface area contributed by atoms with Crippen molar-refractivity contribution in [2.45, 2.75) is 19.6 Å². The zero-order valence-electron chi connectivity index (χ0n) is 16.6. The topological polar surface area (TPSA) is 78.8 Å². The summed E-state index contributed by atoms with van der Waals surface area (Å²) >= 11 is 0. The summed E-state index contributed by atoms with van der Waals surface area (Å²) < 4.78 is 41.7. The monoisotopic (exact) mass is 423 g/mol. The van der Waals surface area contributed by atoms with E-state index < -0.39 is 12.8 Å². The Morgan fingerprint density at radius 2 is 1.87 bits per heavy atom. The first kappa shape index (κ1) is 21.6. The summed E-state index contributed by atoms with van der Waals surface area (Å²) in [5.74, 6) is 1.39. The fourth-order valence-corrected chi connectivity index (χ4v) is 2.95. The Morgan fingerprint density at radius 3 is 2.53 bits per heavy atom. The van der Waals surface area contributed by atoms with Crippen molar-refractivity contribution in [2.24, 2.45) is 4.99 Å². The summed E-state index contributed by atoms with van der Waals surface area (Å²) in [6.45, 7) is 4.65. The summed E-state index contributed by atoms with van der Waals surface area (Å²) in [5.41, 5.74) is 0.717. The first-order valence-corrected chi connectivity index (χ1v) is 9.64. The van der Waals surface area contributed by atoms with Gasteiger partial charge >= 0.3 is 6.18 Å². The van der Waals surface area contributed by atoms with Crippen LogP contribution in [0, 0.1) is 0 Å². The number of pyridine rings is 1. The smallest absolute Gasteiger partial charge is 0.422 e. The number of ether oxygens (including phenoxy) is 1. The molecule has 30 heavy (non-hydrogen) atoms. The molecule has 2 aromatic heterocycles. The molecule has 0 aromatic carbocycles. The lowest BCUT2D eigenvalue weighted by Crippen LogP contribution is -2.52. The van der Waals surface area contributed by atoms with Crippen LogP contribution in [0.15, 0.2) is 41.8 Å². The molecule has 11 heteroatoms. The molecule has 0 spiro atoms. The Balaban J connectivity index is 1.60. The number of aromatic nitrogens is 3. The van der Waals surface area contributed by atoms with E-state index >= 15 is 0 Å². The number of aliphatic imine (C=N–C) groups is 1. The van der Waals surface area contributed by atoms with Gasteiger partial charge in [-0.2, -0.15) is 13.2 Å². The van der Waals surface area contributed by atoms with E-state index in [9.17, 15) is 13.2 Å². The molecule has 0 radical (unpaired) electrons. The summed E-state index contributed by atoms with van der Waals surface area (Å²) in [4.78, 5) is 21.3. The molecule has 0 atom stereocenters. The van der Waals surface area contributed by atoms with E-state index in [0.717, 1.165) is 32.1 Å². The molecule has 162 valence electrons. The van der Waals surface area contributed by atoms with Crippen LogP contribution in [-0.4, -0.2) is 71.3 Å². The highest BCUT2D eigenvalue weighted by atomic mass is 19.4. The Bertz CT molecular complexity index is 824. The van der Waals surface area contributed by atoms with Crippen molar-refractivity contribution in [3.63, 3.8) is 0 Å². The van der Waals surface area contributed by atoms with Crippen molar-refractivity contribution in [1.82, 2.24) is 25.2 Å². The number of hydrogen-bond donors (Lipinski definition) is 1. The molecule has 1 aliphatic heterocycles. The van der Waals surface area contributed by atoms with E-state index in [4.69, 9.17) is 4.74 Å². The van der Waals surface area contributed by atoms with Crippen LogP contribution in [0.5, 0.6) is 5.88 Å². The predicted octanol–water partition coefficient (Wildman–Crippen LogP) is 2.10. The summed E-state index contributed by atoms with van der Waals surface area (Å²) in [7, 11) is 0. The average molecular weight is 423 g/mol. The van der Waals surface area contributed by atoms with Crippen LogP contribution in [0.3, 0.4) is 0 Å². The minimum absolute atomic E-state index is 0.0681. The van der Waals surface area contributed by atoms with Crippen LogP contribution in [0.25, 0.3) is 0 Å². The number of anilines is 1. The summed E-state index contributed by atoms with van der Waals surface area (Å²) in [6, 6.07) is 4.97. The fraction of sp³-hybridized carbons (Fsp3) is 0.474. The zero-order chi connectivity index (χ0) is 21.4. The Labute approximate surface area is 172 Å². The predicted molar refractivity (Wildman–Crippen MR) is 106 cm³/mol. The second kappa shape index (κ2) is 10.1. The molecular formula is C19H24F3N7O. The molecule has 1 fully saturated rings. The van der Waals surface area contributed by atoms with Gasteiger partial charge in [-0.15, -0.1) is 0 Å². The van der Waals surface area contributed by atoms with Gasteiger partial charge in [0.05, 0.1) is 6.54 Å². The third-order valence-corrected chi connectivity index (χ3v) is 4.34. The summed E-state index contributed by atoms with van der Waals surface area (Å²) in [6.07, 6.45) is 0.465. The molecule has 8 nitrogen and oxygen atoms in total. The minimum Gasteiger partial charge on any atom is -0.468 e. The van der Waals surface area contributed by atoms with Crippen molar-refractivity contribution in [3.05, 3.63) is 42.4 Å². The van der Waals surface area contributed by atoms with Crippen molar-refractivity contribution < 1.29 is 17.9 Å². The van der Waals surface area contributed by atoms with Gasteiger partial charge in [0.1, 0.15) is 0 Å². The van der Waals surface area contributed by atoms with Gasteiger partial charge in [-0.05, 0) is 24.6 Å². The van der Waals surface area contributed by atoms with E-state index in [1.165, 1.54) is 12.3 Å². The molecular weight excluding hydrogens is 399 g/mol. The van der Waals surface area contributed by atoms with Crippen LogP contribution in [0.1, 0.15) is 12.5 Å². The number of rotatable bonds is 6. The number of halogens is 3. The average Bonchev–Trinajstić information content (AvgIpc) is 2.76. The number of hydrogen-bond acceptors (Lipinski definition) is 6. The molecule has 0 aliphatic carbocycles. The van der Waals surface area contributed by atoms with Crippen LogP contribution >= 0.6 is 0 Å². The maximum atomic E-state index is 12.3. The lowest BCUT2D eigenvalue weighted by Gasteiger charge is -2.36. The molecule has 1 aliphatic rings. The molecule has 3 heterocycles. The van der Waals surface area contributed by atoms with Crippen LogP contribution < -0.4 is 15.0 Å². The van der Waals surface area contributed by atoms with Gasteiger partial charge in [-0.3, -0.25) is 0 Å². The first-order chi connectivity index (χ1) is 14.4. The van der Waals surface area contributed by atoms with Gasteiger partial charge in [0, 0.05) is 57.4 Å². The number of alkyl halides is 3. The molecule has 3 rings (SSSR count). The van der Waals surface area contributed by atoms with Gasteiger partial charge in [0.25, 0.3) is 0 Å². The van der Waals surface area contributed by atoms with Crippen molar-refractivity contribution in [2.75, 3.05) is 44.2 Å². The van der Waals surface area contributed by atoms with Crippen LogP contribution in [0.2, 0.25) is 0 Å². The lowest BCUT2D eigenvalue weighted by atomic mass is 10.2. The van der Waals surface area contributed by atoms with Crippen molar-refractivity contribution in [1.29, 1.82) is 0 Å². The zero-order valence-corrected chi connectivity index (χ0v) is 16.6. The Morgan fingerprint density at radius 1 is 1.13 bits per heavy atom. The van der Waals surface area contributed by atoms with Crippen LogP contribution in [-0.2, 0) is 6.54 Å². The van der Waals surface area contributed by atoms with E-state index in [1.54, 1.807) is 24.5 Å². The maximum Gasteiger partial charge on any atom is 0.422 e. The van der Waals surface area contributed by atoms with Gasteiger partial charge in [-0.1, -0.05) is 0 Å². The van der Waals surface area contributed by atoms with Gasteiger partial charge in [-0.25, -0.2) is 19.9 Å². The first-order valence-electron chi connectivity index (χ1n) is 9.64. The highest BCUT2D eigenvalue weighted by Crippen LogP contribution is 2.18. The van der Waals surface area contributed by atoms with Crippen LogP contribution in [0.4, 0.5) is 19.1 Å². The normalized spacial score (nSPS) is 15.3. The van der Waals surface area contributed by atoms with E-state index in [0.29, 0.717) is 24.6 Å². The highest BCUT2D eigenvalue weighted by molar-refractivity contribution is 5.80. The van der Waals surface area contributed by atoms with Gasteiger partial charge in [0.2, 0.25) is 11.8 Å². The highest BCUT2D eigenvalue weighted by Gasteiger charge is 2.28. The second-order valence-corrected chi connectivity index (χ2v) is 6.60. The molecule has 0 amide bonds. The molecule has 1 saturated heterocycles.